The molecule has 1 aliphatic heterocycles. The van der Waals surface area contributed by atoms with E-state index in [2.05, 4.69) is 4.90 Å². The number of amides is 2. The molecule has 1 fully saturated rings. The Kier molecular flexibility index (Phi) is 5.68. The topological polar surface area (TPSA) is 43.9 Å². The van der Waals surface area contributed by atoms with Gasteiger partial charge in [0.25, 0.3) is 5.91 Å². The van der Waals surface area contributed by atoms with Crippen LogP contribution in [0.2, 0.25) is 0 Å². The second kappa shape index (κ2) is 8.15. The summed E-state index contributed by atoms with van der Waals surface area (Å²) in [6.45, 7) is 2.60. The van der Waals surface area contributed by atoms with Crippen LogP contribution >= 0.6 is 0 Å². The third kappa shape index (κ3) is 3.94. The highest BCUT2D eigenvalue weighted by atomic mass is 16.2. The van der Waals surface area contributed by atoms with Gasteiger partial charge in [0.1, 0.15) is 6.04 Å². The molecule has 0 aliphatic carbocycles. The lowest BCUT2D eigenvalue weighted by atomic mass is 10.0. The Hall–Kier alpha value is -2.66. The van der Waals surface area contributed by atoms with Crippen LogP contribution in [0, 0.1) is 0 Å². The van der Waals surface area contributed by atoms with Crippen molar-refractivity contribution in [2.45, 2.75) is 6.04 Å². The van der Waals surface area contributed by atoms with Gasteiger partial charge in [-0.15, -0.1) is 0 Å². The van der Waals surface area contributed by atoms with Crippen molar-refractivity contribution in [3.05, 3.63) is 71.8 Å². The van der Waals surface area contributed by atoms with Crippen LogP contribution in [0.4, 0.5) is 0 Å². The number of piperazine rings is 1. The Morgan fingerprint density at radius 3 is 1.92 bits per heavy atom. The van der Waals surface area contributed by atoms with Crippen LogP contribution in [-0.2, 0) is 4.79 Å². The van der Waals surface area contributed by atoms with Crippen LogP contribution in [0.1, 0.15) is 22.0 Å². The lowest BCUT2D eigenvalue weighted by Crippen LogP contribution is -2.52. The van der Waals surface area contributed by atoms with Crippen molar-refractivity contribution in [1.29, 1.82) is 0 Å². The number of carbonyl (C=O) groups is 2. The minimum absolute atomic E-state index is 0.0560. The summed E-state index contributed by atoms with van der Waals surface area (Å²) < 4.78 is 0. The highest BCUT2D eigenvalue weighted by Crippen LogP contribution is 2.24. The third-order valence-electron chi connectivity index (χ3n) is 4.78. The van der Waals surface area contributed by atoms with E-state index in [-0.39, 0.29) is 17.9 Å². The summed E-state index contributed by atoms with van der Waals surface area (Å²) in [7, 11) is 3.57. The number of hydrogen-bond acceptors (Lipinski definition) is 3. The molecule has 136 valence electrons. The zero-order chi connectivity index (χ0) is 18.5. The molecule has 3 rings (SSSR count). The van der Waals surface area contributed by atoms with Gasteiger partial charge in [-0.1, -0.05) is 48.5 Å². The first-order valence-corrected chi connectivity index (χ1v) is 8.92. The highest BCUT2D eigenvalue weighted by molar-refractivity contribution is 5.94. The maximum Gasteiger partial charge on any atom is 0.253 e. The fourth-order valence-electron chi connectivity index (χ4n) is 3.34. The second-order valence-corrected chi connectivity index (χ2v) is 6.74. The molecule has 5 nitrogen and oxygen atoms in total. The van der Waals surface area contributed by atoms with Gasteiger partial charge < -0.3 is 9.80 Å². The molecule has 2 amide bonds. The maximum atomic E-state index is 12.8. The van der Waals surface area contributed by atoms with Crippen LogP contribution in [-0.4, -0.2) is 66.8 Å². The second-order valence-electron chi connectivity index (χ2n) is 6.74. The van der Waals surface area contributed by atoms with Crippen molar-refractivity contribution in [3.63, 3.8) is 0 Å². The van der Waals surface area contributed by atoms with Gasteiger partial charge in [0, 0.05) is 45.8 Å². The van der Waals surface area contributed by atoms with Crippen LogP contribution in [0.3, 0.4) is 0 Å². The van der Waals surface area contributed by atoms with Crippen molar-refractivity contribution in [1.82, 2.24) is 14.7 Å². The molecule has 0 N–H and O–H groups in total. The van der Waals surface area contributed by atoms with Gasteiger partial charge in [0.05, 0.1) is 0 Å². The summed E-state index contributed by atoms with van der Waals surface area (Å²) in [5.74, 6) is 0.125. The average Bonchev–Trinajstić information content (AvgIpc) is 2.69. The number of nitrogens with zero attached hydrogens (tertiary/aromatic N) is 3. The van der Waals surface area contributed by atoms with Gasteiger partial charge in [0.15, 0.2) is 0 Å². The smallest absolute Gasteiger partial charge is 0.253 e. The standard InChI is InChI=1S/C21H25N3O2/c1-22(2)21(26)19(17-9-5-3-6-10-17)23-13-15-24(16-14-23)20(25)18-11-7-4-8-12-18/h3-12,19H,13-16H2,1-2H3/t19-/m0/s1. The summed E-state index contributed by atoms with van der Waals surface area (Å²) in [4.78, 5) is 31.1. The lowest BCUT2D eigenvalue weighted by molar-refractivity contribution is -0.135. The first-order valence-electron chi connectivity index (χ1n) is 8.92. The number of benzene rings is 2. The average molecular weight is 351 g/mol. The van der Waals surface area contributed by atoms with Crippen LogP contribution < -0.4 is 0 Å². The van der Waals surface area contributed by atoms with E-state index in [1.54, 1.807) is 19.0 Å². The number of hydrogen-bond donors (Lipinski definition) is 0. The molecule has 0 aromatic heterocycles. The van der Waals surface area contributed by atoms with Gasteiger partial charge in [-0.2, -0.15) is 0 Å². The zero-order valence-corrected chi connectivity index (χ0v) is 15.3. The Morgan fingerprint density at radius 1 is 0.846 bits per heavy atom. The summed E-state index contributed by atoms with van der Waals surface area (Å²) >= 11 is 0. The van der Waals surface area contributed by atoms with Crippen LogP contribution in [0.5, 0.6) is 0 Å². The van der Waals surface area contributed by atoms with Gasteiger partial charge in [-0.25, -0.2) is 0 Å². The molecule has 26 heavy (non-hydrogen) atoms. The molecule has 1 saturated heterocycles. The summed E-state index contributed by atoms with van der Waals surface area (Å²) in [5, 5.41) is 0. The molecule has 0 unspecified atom stereocenters. The van der Waals surface area contributed by atoms with Crippen molar-refractivity contribution in [2.24, 2.45) is 0 Å². The summed E-state index contributed by atoms with van der Waals surface area (Å²) in [5.41, 5.74) is 1.71. The van der Waals surface area contributed by atoms with Crippen LogP contribution in [0.15, 0.2) is 60.7 Å². The molecule has 0 spiro atoms. The number of rotatable bonds is 4. The molecule has 0 radical (unpaired) electrons. The van der Waals surface area contributed by atoms with E-state index in [4.69, 9.17) is 0 Å². The van der Waals surface area contributed by atoms with Gasteiger partial charge >= 0.3 is 0 Å². The fourth-order valence-corrected chi connectivity index (χ4v) is 3.34. The molecule has 2 aromatic rings. The first-order chi connectivity index (χ1) is 12.6. The molecular formula is C21H25N3O2. The Morgan fingerprint density at radius 2 is 1.38 bits per heavy atom. The van der Waals surface area contributed by atoms with E-state index in [0.29, 0.717) is 31.7 Å². The number of likely N-dealkylation sites (N-methyl/N-ethyl adjacent to an activating group) is 1. The van der Waals surface area contributed by atoms with E-state index in [1.807, 2.05) is 65.6 Å². The Bertz CT molecular complexity index is 738. The fraction of sp³-hybridized carbons (Fsp3) is 0.333. The predicted octanol–water partition coefficient (Wildman–Crippen LogP) is 2.27. The normalized spacial score (nSPS) is 16.2. The minimum atomic E-state index is -0.305. The summed E-state index contributed by atoms with van der Waals surface area (Å²) in [6, 6.07) is 18.9. The quantitative estimate of drug-likeness (QED) is 0.849. The number of carbonyl (C=O) groups excluding carboxylic acids is 2. The summed E-state index contributed by atoms with van der Waals surface area (Å²) in [6.07, 6.45) is 0. The maximum absolute atomic E-state index is 12.8. The lowest BCUT2D eigenvalue weighted by Gasteiger charge is -2.39. The van der Waals surface area contributed by atoms with Crippen molar-refractivity contribution in [3.8, 4) is 0 Å². The molecule has 1 aliphatic rings. The van der Waals surface area contributed by atoms with Crippen LogP contribution in [0.25, 0.3) is 0 Å². The minimum Gasteiger partial charge on any atom is -0.347 e. The third-order valence-corrected chi connectivity index (χ3v) is 4.78. The molecule has 2 aromatic carbocycles. The molecule has 1 atom stereocenters. The SMILES string of the molecule is CN(C)C(=O)[C@H](c1ccccc1)N1CCN(C(=O)c2ccccc2)CC1. The largest absolute Gasteiger partial charge is 0.347 e. The van der Waals surface area contributed by atoms with E-state index < -0.39 is 0 Å². The molecule has 0 saturated carbocycles. The van der Waals surface area contributed by atoms with E-state index in [1.165, 1.54) is 0 Å². The van der Waals surface area contributed by atoms with E-state index in [0.717, 1.165) is 5.56 Å². The predicted molar refractivity (Wildman–Crippen MR) is 102 cm³/mol. The van der Waals surface area contributed by atoms with Gasteiger partial charge in [0.2, 0.25) is 5.91 Å². The van der Waals surface area contributed by atoms with Gasteiger partial charge in [-0.3, -0.25) is 14.5 Å². The molecule has 1 heterocycles. The Labute approximate surface area is 154 Å². The van der Waals surface area contributed by atoms with Crippen molar-refractivity contribution < 1.29 is 9.59 Å². The van der Waals surface area contributed by atoms with Gasteiger partial charge in [-0.05, 0) is 17.7 Å². The first kappa shape index (κ1) is 18.1. The van der Waals surface area contributed by atoms with E-state index >= 15 is 0 Å². The monoisotopic (exact) mass is 351 g/mol. The Balaban J connectivity index is 1.72. The molecule has 0 bridgehead atoms. The zero-order valence-electron chi connectivity index (χ0n) is 15.3. The van der Waals surface area contributed by atoms with E-state index in [9.17, 15) is 9.59 Å². The molecular weight excluding hydrogens is 326 g/mol. The van der Waals surface area contributed by atoms with Crippen molar-refractivity contribution >= 4 is 11.8 Å². The highest BCUT2D eigenvalue weighted by Gasteiger charge is 2.32. The van der Waals surface area contributed by atoms with Crippen molar-refractivity contribution in [2.75, 3.05) is 40.3 Å². The molecule has 5 heteroatoms.